The third kappa shape index (κ3) is 2.10. The summed E-state index contributed by atoms with van der Waals surface area (Å²) in [5, 5.41) is 3.41. The Morgan fingerprint density at radius 2 is 2.28 bits per heavy atom. The van der Waals surface area contributed by atoms with E-state index in [4.69, 9.17) is 4.74 Å². The lowest BCUT2D eigenvalue weighted by molar-refractivity contribution is 0.0349. The number of morpholine rings is 1. The molecule has 0 spiro atoms. The lowest BCUT2D eigenvalue weighted by Gasteiger charge is -2.38. The molecule has 18 heavy (non-hydrogen) atoms. The first kappa shape index (κ1) is 11.9. The van der Waals surface area contributed by atoms with Gasteiger partial charge >= 0.3 is 0 Å². The molecule has 1 aromatic heterocycles. The van der Waals surface area contributed by atoms with Gasteiger partial charge in [-0.3, -0.25) is 4.98 Å². The molecular weight excluding hydrogens is 226 g/mol. The van der Waals surface area contributed by atoms with Crippen LogP contribution in [0.3, 0.4) is 0 Å². The maximum Gasteiger partial charge on any atom is 0.0915 e. The molecule has 0 saturated carbocycles. The van der Waals surface area contributed by atoms with Gasteiger partial charge in [0.1, 0.15) is 0 Å². The van der Waals surface area contributed by atoms with Crippen LogP contribution in [0.15, 0.2) is 18.3 Å². The van der Waals surface area contributed by atoms with Crippen molar-refractivity contribution in [3.63, 3.8) is 0 Å². The number of fused-ring (bicyclic) bond motifs is 1. The third-order valence-electron chi connectivity index (χ3n) is 3.89. The number of pyridine rings is 1. The van der Waals surface area contributed by atoms with Gasteiger partial charge in [-0.2, -0.15) is 0 Å². The number of aromatic nitrogens is 1. The van der Waals surface area contributed by atoms with Gasteiger partial charge in [0.25, 0.3) is 0 Å². The molecule has 4 heteroatoms. The average Bonchev–Trinajstić information content (AvgIpc) is 2.87. The normalized spacial score (nSPS) is 27.6. The molecule has 2 atom stereocenters. The monoisotopic (exact) mass is 247 g/mol. The SMILES string of the molecule is CC(C)c1ccc(N2CCO[C@H]3CNC[C@@H]32)cn1. The van der Waals surface area contributed by atoms with Gasteiger partial charge in [-0.15, -0.1) is 0 Å². The van der Waals surface area contributed by atoms with E-state index in [9.17, 15) is 0 Å². The van der Waals surface area contributed by atoms with Crippen LogP contribution in [0.4, 0.5) is 5.69 Å². The third-order valence-corrected chi connectivity index (χ3v) is 3.89. The first-order chi connectivity index (χ1) is 8.75. The number of anilines is 1. The molecule has 0 amide bonds. The van der Waals surface area contributed by atoms with Crippen LogP contribution >= 0.6 is 0 Å². The van der Waals surface area contributed by atoms with Gasteiger partial charge in [-0.25, -0.2) is 0 Å². The first-order valence-corrected chi connectivity index (χ1v) is 6.80. The zero-order valence-electron chi connectivity index (χ0n) is 11.1. The minimum Gasteiger partial charge on any atom is -0.373 e. The Kier molecular flexibility index (Phi) is 3.22. The summed E-state index contributed by atoms with van der Waals surface area (Å²) < 4.78 is 5.79. The number of rotatable bonds is 2. The van der Waals surface area contributed by atoms with Crippen molar-refractivity contribution in [2.45, 2.75) is 31.9 Å². The number of nitrogens with zero attached hydrogens (tertiary/aromatic N) is 2. The summed E-state index contributed by atoms with van der Waals surface area (Å²) >= 11 is 0. The predicted molar refractivity (Wildman–Crippen MR) is 72.1 cm³/mol. The van der Waals surface area contributed by atoms with Crippen LogP contribution in [0.2, 0.25) is 0 Å². The highest BCUT2D eigenvalue weighted by molar-refractivity contribution is 5.47. The molecule has 2 saturated heterocycles. The smallest absolute Gasteiger partial charge is 0.0915 e. The molecule has 1 N–H and O–H groups in total. The maximum atomic E-state index is 5.79. The summed E-state index contributed by atoms with van der Waals surface area (Å²) in [4.78, 5) is 7.00. The molecule has 0 aromatic carbocycles. The van der Waals surface area contributed by atoms with Gasteiger partial charge in [0.15, 0.2) is 0 Å². The first-order valence-electron chi connectivity index (χ1n) is 6.80. The summed E-state index contributed by atoms with van der Waals surface area (Å²) in [6.07, 6.45) is 2.35. The summed E-state index contributed by atoms with van der Waals surface area (Å²) in [6.45, 7) is 8.11. The number of hydrogen-bond donors (Lipinski definition) is 1. The van der Waals surface area contributed by atoms with Crippen LogP contribution in [-0.2, 0) is 4.74 Å². The Morgan fingerprint density at radius 1 is 1.39 bits per heavy atom. The highest BCUT2D eigenvalue weighted by atomic mass is 16.5. The predicted octanol–water partition coefficient (Wildman–Crippen LogP) is 1.38. The van der Waals surface area contributed by atoms with E-state index in [1.807, 2.05) is 6.20 Å². The van der Waals surface area contributed by atoms with Gasteiger partial charge < -0.3 is 15.0 Å². The number of hydrogen-bond acceptors (Lipinski definition) is 4. The molecule has 4 nitrogen and oxygen atoms in total. The number of nitrogens with one attached hydrogen (secondary N) is 1. The van der Waals surface area contributed by atoms with Crippen molar-refractivity contribution in [3.05, 3.63) is 24.0 Å². The molecule has 2 aliphatic rings. The molecule has 2 fully saturated rings. The van der Waals surface area contributed by atoms with Crippen molar-refractivity contribution in [1.82, 2.24) is 10.3 Å². The van der Waals surface area contributed by atoms with Crippen LogP contribution in [-0.4, -0.2) is 43.4 Å². The Hall–Kier alpha value is -1.13. The second kappa shape index (κ2) is 4.86. The molecule has 2 aliphatic heterocycles. The average molecular weight is 247 g/mol. The summed E-state index contributed by atoms with van der Waals surface area (Å²) in [5.41, 5.74) is 2.38. The fourth-order valence-electron chi connectivity index (χ4n) is 2.82. The molecule has 3 heterocycles. The van der Waals surface area contributed by atoms with E-state index >= 15 is 0 Å². The van der Waals surface area contributed by atoms with Crippen molar-refractivity contribution in [2.24, 2.45) is 0 Å². The fourth-order valence-corrected chi connectivity index (χ4v) is 2.82. The number of ether oxygens (including phenoxy) is 1. The van der Waals surface area contributed by atoms with Crippen molar-refractivity contribution < 1.29 is 4.74 Å². The Balaban J connectivity index is 1.80. The van der Waals surface area contributed by atoms with E-state index in [2.05, 4.69) is 41.2 Å². The standard InChI is InChI=1S/C14H21N3O/c1-10(2)12-4-3-11(7-16-12)17-5-6-18-14-9-15-8-13(14)17/h3-4,7,10,13-15H,5-6,8-9H2,1-2H3/t13-,14-/m0/s1. The molecule has 0 aliphatic carbocycles. The zero-order chi connectivity index (χ0) is 12.5. The molecule has 0 bridgehead atoms. The van der Waals surface area contributed by atoms with E-state index in [0.717, 1.165) is 31.9 Å². The molecule has 0 radical (unpaired) electrons. The minimum atomic E-state index is 0.337. The van der Waals surface area contributed by atoms with Gasteiger partial charge in [0.2, 0.25) is 0 Å². The molecule has 98 valence electrons. The van der Waals surface area contributed by atoms with E-state index in [0.29, 0.717) is 18.1 Å². The molecule has 0 unspecified atom stereocenters. The second-order valence-corrected chi connectivity index (χ2v) is 5.42. The van der Waals surface area contributed by atoms with Crippen molar-refractivity contribution in [1.29, 1.82) is 0 Å². The Labute approximate surface area is 108 Å². The van der Waals surface area contributed by atoms with Gasteiger partial charge in [-0.1, -0.05) is 13.8 Å². The summed E-state index contributed by atoms with van der Waals surface area (Å²) in [7, 11) is 0. The summed E-state index contributed by atoms with van der Waals surface area (Å²) in [5.74, 6) is 0.490. The van der Waals surface area contributed by atoms with Gasteiger partial charge in [0.05, 0.1) is 30.6 Å². The van der Waals surface area contributed by atoms with Gasteiger partial charge in [-0.05, 0) is 18.1 Å². The Bertz CT molecular complexity index is 404. The van der Waals surface area contributed by atoms with Crippen molar-refractivity contribution >= 4 is 5.69 Å². The lowest BCUT2D eigenvalue weighted by Crippen LogP contribution is -2.51. The maximum absolute atomic E-state index is 5.79. The zero-order valence-corrected chi connectivity index (χ0v) is 11.1. The van der Waals surface area contributed by atoms with Crippen molar-refractivity contribution in [3.8, 4) is 0 Å². The quantitative estimate of drug-likeness (QED) is 0.857. The largest absolute Gasteiger partial charge is 0.373 e. The molecular formula is C14H21N3O. The van der Waals surface area contributed by atoms with Crippen molar-refractivity contribution in [2.75, 3.05) is 31.1 Å². The van der Waals surface area contributed by atoms with E-state index < -0.39 is 0 Å². The molecule has 1 aromatic rings. The van der Waals surface area contributed by atoms with E-state index in [1.165, 1.54) is 5.69 Å². The topological polar surface area (TPSA) is 37.4 Å². The van der Waals surface area contributed by atoms with Crippen LogP contribution in [0.25, 0.3) is 0 Å². The summed E-state index contributed by atoms with van der Waals surface area (Å²) in [6, 6.07) is 4.81. The van der Waals surface area contributed by atoms with Gasteiger partial charge in [0, 0.05) is 25.3 Å². The van der Waals surface area contributed by atoms with Crippen LogP contribution in [0.1, 0.15) is 25.5 Å². The minimum absolute atomic E-state index is 0.337. The van der Waals surface area contributed by atoms with Crippen LogP contribution in [0.5, 0.6) is 0 Å². The molecule has 3 rings (SSSR count). The van der Waals surface area contributed by atoms with Crippen LogP contribution in [0, 0.1) is 0 Å². The fraction of sp³-hybridized carbons (Fsp3) is 0.643. The lowest BCUT2D eigenvalue weighted by atomic mass is 10.1. The highest BCUT2D eigenvalue weighted by Crippen LogP contribution is 2.25. The second-order valence-electron chi connectivity index (χ2n) is 5.42. The van der Waals surface area contributed by atoms with E-state index in [-0.39, 0.29) is 0 Å². The van der Waals surface area contributed by atoms with E-state index in [1.54, 1.807) is 0 Å². The highest BCUT2D eigenvalue weighted by Gasteiger charge is 2.36. The van der Waals surface area contributed by atoms with Crippen LogP contribution < -0.4 is 10.2 Å². The Morgan fingerprint density at radius 3 is 3.00 bits per heavy atom.